The van der Waals surface area contributed by atoms with Crippen LogP contribution < -0.4 is 4.74 Å². The van der Waals surface area contributed by atoms with E-state index in [0.717, 1.165) is 30.8 Å². The van der Waals surface area contributed by atoms with Crippen molar-refractivity contribution in [2.75, 3.05) is 12.4 Å². The van der Waals surface area contributed by atoms with Gasteiger partial charge in [0.15, 0.2) is 11.1 Å². The van der Waals surface area contributed by atoms with E-state index in [1.165, 1.54) is 0 Å². The van der Waals surface area contributed by atoms with E-state index in [-0.39, 0.29) is 5.75 Å². The van der Waals surface area contributed by atoms with Crippen molar-refractivity contribution in [1.82, 2.24) is 0 Å². The molecule has 0 aromatic heterocycles. The van der Waals surface area contributed by atoms with Gasteiger partial charge in [0.05, 0.1) is 12.4 Å². The average Bonchev–Trinajstić information content (AvgIpc) is 2.28. The SMILES string of the molecule is CCCCOc1ccc(CCS(=O)O)cc1. The number of ether oxygens (including phenoxy) is 1. The maximum absolute atomic E-state index is 10.5. The molecule has 0 heterocycles. The van der Waals surface area contributed by atoms with Crippen LogP contribution in [-0.4, -0.2) is 21.1 Å². The molecular weight excluding hydrogens is 224 g/mol. The minimum atomic E-state index is -1.71. The quantitative estimate of drug-likeness (QED) is 0.590. The summed E-state index contributed by atoms with van der Waals surface area (Å²) in [5.41, 5.74) is 1.06. The predicted octanol–water partition coefficient (Wildman–Crippen LogP) is 2.63. The van der Waals surface area contributed by atoms with Crippen LogP contribution in [0, 0.1) is 0 Å². The first-order valence-electron chi connectivity index (χ1n) is 5.51. The number of benzene rings is 1. The molecule has 90 valence electrons. The Balaban J connectivity index is 2.38. The summed E-state index contributed by atoms with van der Waals surface area (Å²) in [7, 11) is 0. The summed E-state index contributed by atoms with van der Waals surface area (Å²) in [5.74, 6) is 1.15. The number of unbranched alkanes of at least 4 members (excludes halogenated alkanes) is 1. The summed E-state index contributed by atoms with van der Waals surface area (Å²) in [6, 6.07) is 7.69. The highest BCUT2D eigenvalue weighted by Crippen LogP contribution is 2.13. The molecule has 4 heteroatoms. The highest BCUT2D eigenvalue weighted by Gasteiger charge is 1.98. The van der Waals surface area contributed by atoms with Gasteiger partial charge in [-0.25, -0.2) is 4.21 Å². The Bertz CT molecular complexity index is 322. The zero-order valence-electron chi connectivity index (χ0n) is 9.52. The first kappa shape index (κ1) is 13.2. The molecule has 0 radical (unpaired) electrons. The molecule has 16 heavy (non-hydrogen) atoms. The van der Waals surface area contributed by atoms with Gasteiger partial charge >= 0.3 is 0 Å². The molecule has 1 unspecified atom stereocenters. The second kappa shape index (κ2) is 7.41. The number of hydrogen-bond donors (Lipinski definition) is 1. The van der Waals surface area contributed by atoms with Crippen LogP contribution in [0.5, 0.6) is 5.75 Å². The fourth-order valence-corrected chi connectivity index (χ4v) is 1.70. The highest BCUT2D eigenvalue weighted by molar-refractivity contribution is 7.79. The molecule has 0 fully saturated rings. The second-order valence-corrected chi connectivity index (χ2v) is 4.67. The fraction of sp³-hybridized carbons (Fsp3) is 0.500. The third kappa shape index (κ3) is 5.28. The molecule has 1 atom stereocenters. The molecule has 3 nitrogen and oxygen atoms in total. The Hall–Kier alpha value is -0.870. The molecular formula is C12H18O3S. The van der Waals surface area contributed by atoms with E-state index < -0.39 is 11.1 Å². The Morgan fingerprint density at radius 1 is 1.31 bits per heavy atom. The van der Waals surface area contributed by atoms with Crippen molar-refractivity contribution in [3.05, 3.63) is 29.8 Å². The van der Waals surface area contributed by atoms with Gasteiger partial charge in [0, 0.05) is 0 Å². The van der Waals surface area contributed by atoms with Crippen molar-refractivity contribution in [2.45, 2.75) is 26.2 Å². The minimum absolute atomic E-state index is 0.288. The van der Waals surface area contributed by atoms with Crippen LogP contribution in [0.1, 0.15) is 25.3 Å². The molecule has 0 saturated heterocycles. The van der Waals surface area contributed by atoms with Gasteiger partial charge in [-0.3, -0.25) is 0 Å². The van der Waals surface area contributed by atoms with Crippen LogP contribution >= 0.6 is 0 Å². The lowest BCUT2D eigenvalue weighted by Crippen LogP contribution is -2.00. The largest absolute Gasteiger partial charge is 0.494 e. The topological polar surface area (TPSA) is 46.5 Å². The second-order valence-electron chi connectivity index (χ2n) is 3.62. The number of hydrogen-bond acceptors (Lipinski definition) is 2. The molecule has 0 amide bonds. The van der Waals surface area contributed by atoms with Gasteiger partial charge in [-0.15, -0.1) is 0 Å². The average molecular weight is 242 g/mol. The van der Waals surface area contributed by atoms with Gasteiger partial charge < -0.3 is 9.29 Å². The first-order chi connectivity index (χ1) is 7.72. The molecule has 0 bridgehead atoms. The molecule has 0 aliphatic carbocycles. The standard InChI is InChI=1S/C12H18O3S/c1-2-3-9-15-12-6-4-11(5-7-12)8-10-16(13)14/h4-7H,2-3,8-10H2,1H3,(H,13,14). The monoisotopic (exact) mass is 242 g/mol. The van der Waals surface area contributed by atoms with Crippen LogP contribution in [0.25, 0.3) is 0 Å². The first-order valence-corrected chi connectivity index (χ1v) is 6.79. The molecule has 0 saturated carbocycles. The van der Waals surface area contributed by atoms with Crippen molar-refractivity contribution < 1.29 is 13.5 Å². The van der Waals surface area contributed by atoms with Gasteiger partial charge in [-0.05, 0) is 30.5 Å². The zero-order valence-corrected chi connectivity index (χ0v) is 10.3. The Labute approximate surface area is 99.1 Å². The maximum atomic E-state index is 10.5. The molecule has 1 aromatic rings. The summed E-state index contributed by atoms with van der Waals surface area (Å²) in [5, 5.41) is 0. The minimum Gasteiger partial charge on any atom is -0.494 e. The van der Waals surface area contributed by atoms with Crippen LogP contribution in [0.3, 0.4) is 0 Å². The van der Waals surface area contributed by atoms with Gasteiger partial charge in [0.2, 0.25) is 0 Å². The molecule has 0 aliphatic heterocycles. The summed E-state index contributed by atoms with van der Waals surface area (Å²) in [6.07, 6.45) is 2.81. The van der Waals surface area contributed by atoms with E-state index in [1.54, 1.807) is 0 Å². The lowest BCUT2D eigenvalue weighted by Gasteiger charge is -2.06. The van der Waals surface area contributed by atoms with Gasteiger partial charge in [-0.2, -0.15) is 0 Å². The molecule has 1 aromatic carbocycles. The summed E-state index contributed by atoms with van der Waals surface area (Å²) >= 11 is -1.71. The molecule has 1 N–H and O–H groups in total. The van der Waals surface area contributed by atoms with E-state index in [9.17, 15) is 4.21 Å². The fourth-order valence-electron chi connectivity index (χ4n) is 1.29. The van der Waals surface area contributed by atoms with Crippen LogP contribution in [0.4, 0.5) is 0 Å². The summed E-state index contributed by atoms with van der Waals surface area (Å²) < 4.78 is 24.7. The van der Waals surface area contributed by atoms with Crippen molar-refractivity contribution in [2.24, 2.45) is 0 Å². The van der Waals surface area contributed by atoms with Gasteiger partial charge in [-0.1, -0.05) is 25.5 Å². The number of aryl methyl sites for hydroxylation is 1. The Morgan fingerprint density at radius 3 is 2.56 bits per heavy atom. The molecule has 1 rings (SSSR count). The molecule has 0 aliphatic rings. The Morgan fingerprint density at radius 2 is 2.00 bits per heavy atom. The van der Waals surface area contributed by atoms with E-state index >= 15 is 0 Å². The van der Waals surface area contributed by atoms with Crippen molar-refractivity contribution >= 4 is 11.1 Å². The van der Waals surface area contributed by atoms with E-state index in [2.05, 4.69) is 6.92 Å². The third-order valence-corrected chi connectivity index (χ3v) is 2.81. The third-order valence-electron chi connectivity index (χ3n) is 2.26. The smallest absolute Gasteiger partial charge is 0.153 e. The van der Waals surface area contributed by atoms with E-state index in [1.807, 2.05) is 24.3 Å². The van der Waals surface area contributed by atoms with E-state index in [0.29, 0.717) is 6.42 Å². The summed E-state index contributed by atoms with van der Waals surface area (Å²) in [6.45, 7) is 2.87. The molecule has 0 spiro atoms. The highest BCUT2D eigenvalue weighted by atomic mass is 32.2. The predicted molar refractivity (Wildman–Crippen MR) is 66.2 cm³/mol. The van der Waals surface area contributed by atoms with Crippen LogP contribution in [-0.2, 0) is 17.5 Å². The van der Waals surface area contributed by atoms with Gasteiger partial charge in [0.1, 0.15) is 5.75 Å². The maximum Gasteiger partial charge on any atom is 0.153 e. The lowest BCUT2D eigenvalue weighted by molar-refractivity contribution is 0.309. The Kier molecular flexibility index (Phi) is 6.11. The van der Waals surface area contributed by atoms with Crippen molar-refractivity contribution in [1.29, 1.82) is 0 Å². The van der Waals surface area contributed by atoms with Crippen molar-refractivity contribution in [3.8, 4) is 5.75 Å². The van der Waals surface area contributed by atoms with Crippen molar-refractivity contribution in [3.63, 3.8) is 0 Å². The van der Waals surface area contributed by atoms with E-state index in [4.69, 9.17) is 9.29 Å². The normalized spacial score (nSPS) is 12.4. The lowest BCUT2D eigenvalue weighted by atomic mass is 10.2. The number of rotatable bonds is 7. The van der Waals surface area contributed by atoms with Crippen LogP contribution in [0.15, 0.2) is 24.3 Å². The van der Waals surface area contributed by atoms with Gasteiger partial charge in [0.25, 0.3) is 0 Å². The summed E-state index contributed by atoms with van der Waals surface area (Å²) in [4.78, 5) is 0. The van der Waals surface area contributed by atoms with Crippen LogP contribution in [0.2, 0.25) is 0 Å². The zero-order chi connectivity index (χ0) is 11.8.